The highest BCUT2D eigenvalue weighted by atomic mass is 16.5. The molecule has 0 radical (unpaired) electrons. The number of aryl methyl sites for hydroxylation is 1. The quantitative estimate of drug-likeness (QED) is 0.723. The number of rotatable bonds is 4. The first kappa shape index (κ1) is 12.6. The summed E-state index contributed by atoms with van der Waals surface area (Å²) in [5.41, 5.74) is 1.17. The van der Waals surface area contributed by atoms with Gasteiger partial charge in [0.1, 0.15) is 6.10 Å². The molecule has 88 valence electrons. The van der Waals surface area contributed by atoms with E-state index < -0.39 is 18.2 Å². The standard InChI is InChI=1S/C11H15NO4/c1-3-16-11(15)10(14)9(13)8-6-12-5-4-7(8)2/h4-6,9-10,13-14H,3H2,1-2H3. The van der Waals surface area contributed by atoms with Gasteiger partial charge in [-0.25, -0.2) is 4.79 Å². The van der Waals surface area contributed by atoms with Crippen molar-refractivity contribution < 1.29 is 19.7 Å². The molecule has 1 aromatic rings. The summed E-state index contributed by atoms with van der Waals surface area (Å²) in [4.78, 5) is 15.0. The first-order chi connectivity index (χ1) is 7.57. The van der Waals surface area contributed by atoms with Crippen molar-refractivity contribution >= 4 is 5.97 Å². The van der Waals surface area contributed by atoms with Crippen LogP contribution in [0.1, 0.15) is 24.2 Å². The smallest absolute Gasteiger partial charge is 0.338 e. The van der Waals surface area contributed by atoms with Crippen molar-refractivity contribution in [2.75, 3.05) is 6.61 Å². The molecular formula is C11H15NO4. The minimum Gasteiger partial charge on any atom is -0.464 e. The van der Waals surface area contributed by atoms with Crippen molar-refractivity contribution in [2.24, 2.45) is 0 Å². The Morgan fingerprint density at radius 1 is 1.56 bits per heavy atom. The van der Waals surface area contributed by atoms with Crippen LogP contribution in [0.3, 0.4) is 0 Å². The lowest BCUT2D eigenvalue weighted by Gasteiger charge is -2.17. The molecule has 2 N–H and O–H groups in total. The summed E-state index contributed by atoms with van der Waals surface area (Å²) in [6.07, 6.45) is 0.0979. The van der Waals surface area contributed by atoms with Gasteiger partial charge in [-0.15, -0.1) is 0 Å². The number of ether oxygens (including phenoxy) is 1. The maximum Gasteiger partial charge on any atom is 0.338 e. The molecule has 0 spiro atoms. The molecule has 0 aromatic carbocycles. The first-order valence-corrected chi connectivity index (χ1v) is 5.01. The van der Waals surface area contributed by atoms with Crippen LogP contribution in [0.4, 0.5) is 0 Å². The fourth-order valence-corrected chi connectivity index (χ4v) is 1.31. The molecule has 16 heavy (non-hydrogen) atoms. The number of carbonyl (C=O) groups is 1. The van der Waals surface area contributed by atoms with Crippen molar-refractivity contribution in [3.8, 4) is 0 Å². The minimum absolute atomic E-state index is 0.161. The molecule has 5 heteroatoms. The summed E-state index contributed by atoms with van der Waals surface area (Å²) < 4.78 is 4.62. The molecule has 0 saturated carbocycles. The van der Waals surface area contributed by atoms with Crippen molar-refractivity contribution in [2.45, 2.75) is 26.1 Å². The number of aliphatic hydroxyl groups excluding tert-OH is 2. The fourth-order valence-electron chi connectivity index (χ4n) is 1.31. The van der Waals surface area contributed by atoms with Gasteiger partial charge < -0.3 is 14.9 Å². The molecule has 0 bridgehead atoms. The normalized spacial score (nSPS) is 14.2. The van der Waals surface area contributed by atoms with Crippen molar-refractivity contribution in [1.82, 2.24) is 4.98 Å². The van der Waals surface area contributed by atoms with E-state index in [0.29, 0.717) is 5.56 Å². The molecule has 1 rings (SSSR count). The largest absolute Gasteiger partial charge is 0.464 e. The number of aromatic nitrogens is 1. The zero-order chi connectivity index (χ0) is 12.1. The molecule has 0 fully saturated rings. The van der Waals surface area contributed by atoms with Gasteiger partial charge in [0, 0.05) is 18.0 Å². The number of nitrogens with zero attached hydrogens (tertiary/aromatic N) is 1. The van der Waals surface area contributed by atoms with E-state index in [1.807, 2.05) is 0 Å². The molecule has 1 aromatic heterocycles. The van der Waals surface area contributed by atoms with Gasteiger partial charge in [0.2, 0.25) is 0 Å². The van der Waals surface area contributed by atoms with E-state index in [1.54, 1.807) is 26.1 Å². The maximum atomic E-state index is 11.2. The van der Waals surface area contributed by atoms with Crippen LogP contribution in [0.15, 0.2) is 18.5 Å². The van der Waals surface area contributed by atoms with Crippen LogP contribution >= 0.6 is 0 Å². The van der Waals surface area contributed by atoms with Gasteiger partial charge in [-0.3, -0.25) is 4.98 Å². The third-order valence-electron chi connectivity index (χ3n) is 2.23. The number of esters is 1. The Labute approximate surface area is 93.7 Å². The van der Waals surface area contributed by atoms with Gasteiger partial charge in [0.25, 0.3) is 0 Å². The Morgan fingerprint density at radius 3 is 2.81 bits per heavy atom. The molecule has 0 amide bonds. The zero-order valence-electron chi connectivity index (χ0n) is 9.25. The molecule has 0 aliphatic heterocycles. The second-order valence-electron chi connectivity index (χ2n) is 3.37. The van der Waals surface area contributed by atoms with Gasteiger partial charge in [-0.05, 0) is 25.5 Å². The van der Waals surface area contributed by atoms with Gasteiger partial charge in [0.15, 0.2) is 6.10 Å². The number of aliphatic hydroxyl groups is 2. The Kier molecular flexibility index (Phi) is 4.39. The zero-order valence-corrected chi connectivity index (χ0v) is 9.25. The van der Waals surface area contributed by atoms with E-state index in [0.717, 1.165) is 5.56 Å². The molecule has 0 saturated heterocycles. The summed E-state index contributed by atoms with van der Waals surface area (Å²) in [5.74, 6) is -0.835. The van der Waals surface area contributed by atoms with Crippen LogP contribution in [0.5, 0.6) is 0 Å². The fraction of sp³-hybridized carbons (Fsp3) is 0.455. The van der Waals surface area contributed by atoms with Crippen molar-refractivity contribution in [3.63, 3.8) is 0 Å². The van der Waals surface area contributed by atoms with Crippen LogP contribution in [0.25, 0.3) is 0 Å². The van der Waals surface area contributed by atoms with Crippen LogP contribution < -0.4 is 0 Å². The molecule has 2 unspecified atom stereocenters. The third kappa shape index (κ3) is 2.77. The number of hydrogen-bond donors (Lipinski definition) is 2. The van der Waals surface area contributed by atoms with E-state index in [1.165, 1.54) is 6.20 Å². The second-order valence-corrected chi connectivity index (χ2v) is 3.37. The predicted molar refractivity (Wildman–Crippen MR) is 56.6 cm³/mol. The Hall–Kier alpha value is -1.46. The highest BCUT2D eigenvalue weighted by Gasteiger charge is 2.27. The van der Waals surface area contributed by atoms with Gasteiger partial charge in [-0.1, -0.05) is 0 Å². The Morgan fingerprint density at radius 2 is 2.25 bits per heavy atom. The number of hydrogen-bond acceptors (Lipinski definition) is 5. The van der Waals surface area contributed by atoms with Gasteiger partial charge in [-0.2, -0.15) is 0 Å². The van der Waals surface area contributed by atoms with E-state index in [9.17, 15) is 15.0 Å². The SMILES string of the molecule is CCOC(=O)C(O)C(O)c1cnccc1C. The summed E-state index contributed by atoms with van der Waals surface area (Å²) in [5, 5.41) is 19.3. The number of carbonyl (C=O) groups excluding carboxylic acids is 1. The van der Waals surface area contributed by atoms with E-state index in [4.69, 9.17) is 0 Å². The number of pyridine rings is 1. The average Bonchev–Trinajstić information content (AvgIpc) is 2.28. The third-order valence-corrected chi connectivity index (χ3v) is 2.23. The van der Waals surface area contributed by atoms with Crippen molar-refractivity contribution in [1.29, 1.82) is 0 Å². The average molecular weight is 225 g/mol. The van der Waals surface area contributed by atoms with Gasteiger partial charge >= 0.3 is 5.97 Å². The summed E-state index contributed by atoms with van der Waals surface area (Å²) >= 11 is 0. The Balaban J connectivity index is 2.82. The summed E-state index contributed by atoms with van der Waals surface area (Å²) in [7, 11) is 0. The van der Waals surface area contributed by atoms with Crippen LogP contribution in [0, 0.1) is 6.92 Å². The lowest BCUT2D eigenvalue weighted by Crippen LogP contribution is -2.30. The molecule has 2 atom stereocenters. The lowest BCUT2D eigenvalue weighted by molar-refractivity contribution is -0.159. The predicted octanol–water partition coefficient (Wildman–Crippen LogP) is 0.347. The van der Waals surface area contributed by atoms with Crippen LogP contribution in [-0.4, -0.2) is 33.9 Å². The minimum atomic E-state index is -1.58. The lowest BCUT2D eigenvalue weighted by atomic mass is 10.0. The van der Waals surface area contributed by atoms with Crippen LogP contribution in [0.2, 0.25) is 0 Å². The monoisotopic (exact) mass is 225 g/mol. The molecule has 0 aliphatic rings. The summed E-state index contributed by atoms with van der Waals surface area (Å²) in [6, 6.07) is 1.69. The van der Waals surface area contributed by atoms with E-state index in [2.05, 4.69) is 9.72 Å². The second kappa shape index (κ2) is 5.58. The van der Waals surface area contributed by atoms with Crippen LogP contribution in [-0.2, 0) is 9.53 Å². The van der Waals surface area contributed by atoms with Gasteiger partial charge in [0.05, 0.1) is 6.61 Å². The van der Waals surface area contributed by atoms with Crippen molar-refractivity contribution in [3.05, 3.63) is 29.6 Å². The maximum absolute atomic E-state index is 11.2. The molecule has 1 heterocycles. The first-order valence-electron chi connectivity index (χ1n) is 5.01. The highest BCUT2D eigenvalue weighted by Crippen LogP contribution is 2.20. The molecule has 5 nitrogen and oxygen atoms in total. The molecular weight excluding hydrogens is 210 g/mol. The Bertz CT molecular complexity index is 367. The topological polar surface area (TPSA) is 79.7 Å². The summed E-state index contributed by atoms with van der Waals surface area (Å²) in [6.45, 7) is 3.55. The molecule has 0 aliphatic carbocycles. The van der Waals surface area contributed by atoms with E-state index in [-0.39, 0.29) is 6.61 Å². The highest BCUT2D eigenvalue weighted by molar-refractivity contribution is 5.75. The van der Waals surface area contributed by atoms with E-state index >= 15 is 0 Å².